The van der Waals surface area contributed by atoms with Gasteiger partial charge in [0.05, 0.1) is 6.10 Å². The van der Waals surface area contributed by atoms with Gasteiger partial charge >= 0.3 is 0 Å². The van der Waals surface area contributed by atoms with Crippen molar-refractivity contribution < 1.29 is 9.50 Å². The number of aliphatic hydroxyl groups excluding tert-OH is 1. The minimum atomic E-state index is -0.731. The quantitative estimate of drug-likeness (QED) is 0.880. The van der Waals surface area contributed by atoms with Crippen molar-refractivity contribution in [1.82, 2.24) is 0 Å². The summed E-state index contributed by atoms with van der Waals surface area (Å²) in [7, 11) is 0. The van der Waals surface area contributed by atoms with Crippen LogP contribution in [-0.4, -0.2) is 5.11 Å². The maximum Gasteiger partial charge on any atom is 0.130 e. The second kappa shape index (κ2) is 4.89. The highest BCUT2D eigenvalue weighted by atomic mass is 79.9. The van der Waals surface area contributed by atoms with E-state index in [2.05, 4.69) is 15.9 Å². The standard InChI is InChI=1S/C11H14BrFO/c1-7(2)6-10(14)11-8(12)4-3-5-9(11)13/h3-5,7,10,14H,6H2,1-2H3. The van der Waals surface area contributed by atoms with Crippen LogP contribution in [0.3, 0.4) is 0 Å². The van der Waals surface area contributed by atoms with Gasteiger partial charge in [-0.3, -0.25) is 0 Å². The highest BCUT2D eigenvalue weighted by molar-refractivity contribution is 9.10. The summed E-state index contributed by atoms with van der Waals surface area (Å²) in [5, 5.41) is 9.78. The number of hydrogen-bond donors (Lipinski definition) is 1. The summed E-state index contributed by atoms with van der Waals surface area (Å²) in [5.41, 5.74) is 0.362. The predicted molar refractivity (Wildman–Crippen MR) is 58.5 cm³/mol. The molecule has 0 spiro atoms. The van der Waals surface area contributed by atoms with Crippen LogP contribution in [-0.2, 0) is 0 Å². The molecule has 0 aromatic heterocycles. The van der Waals surface area contributed by atoms with E-state index in [-0.39, 0.29) is 5.82 Å². The second-order valence-corrected chi connectivity index (χ2v) is 4.64. The highest BCUT2D eigenvalue weighted by Crippen LogP contribution is 2.29. The van der Waals surface area contributed by atoms with Gasteiger partial charge in [-0.1, -0.05) is 35.8 Å². The normalized spacial score (nSPS) is 13.3. The van der Waals surface area contributed by atoms with Gasteiger partial charge in [0, 0.05) is 10.0 Å². The lowest BCUT2D eigenvalue weighted by atomic mass is 9.99. The largest absolute Gasteiger partial charge is 0.388 e. The van der Waals surface area contributed by atoms with E-state index >= 15 is 0 Å². The summed E-state index contributed by atoms with van der Waals surface area (Å²) >= 11 is 3.24. The molecule has 1 nitrogen and oxygen atoms in total. The fraction of sp³-hybridized carbons (Fsp3) is 0.455. The van der Waals surface area contributed by atoms with Gasteiger partial charge in [-0.15, -0.1) is 0 Å². The molecule has 14 heavy (non-hydrogen) atoms. The Hall–Kier alpha value is -0.410. The molecule has 1 aromatic rings. The Morgan fingerprint density at radius 1 is 1.43 bits per heavy atom. The molecular weight excluding hydrogens is 247 g/mol. The van der Waals surface area contributed by atoms with Crippen molar-refractivity contribution in [1.29, 1.82) is 0 Å². The summed E-state index contributed by atoms with van der Waals surface area (Å²) in [5.74, 6) is -0.0102. The van der Waals surface area contributed by atoms with Gasteiger partial charge in [0.1, 0.15) is 5.82 Å². The molecule has 1 N–H and O–H groups in total. The van der Waals surface area contributed by atoms with Crippen molar-refractivity contribution in [2.75, 3.05) is 0 Å². The number of aliphatic hydroxyl groups is 1. The molecule has 1 aromatic carbocycles. The van der Waals surface area contributed by atoms with Gasteiger partial charge in [-0.05, 0) is 24.5 Å². The lowest BCUT2D eigenvalue weighted by Crippen LogP contribution is -2.05. The van der Waals surface area contributed by atoms with Crippen LogP contribution in [0.25, 0.3) is 0 Å². The first kappa shape index (κ1) is 11.7. The zero-order valence-corrected chi connectivity index (χ0v) is 9.88. The summed E-state index contributed by atoms with van der Waals surface area (Å²) in [4.78, 5) is 0. The highest BCUT2D eigenvalue weighted by Gasteiger charge is 2.16. The Kier molecular flexibility index (Phi) is 4.08. The van der Waals surface area contributed by atoms with E-state index in [0.717, 1.165) is 0 Å². The first-order chi connectivity index (χ1) is 6.52. The molecule has 0 amide bonds. The maximum atomic E-state index is 13.4. The molecule has 0 fully saturated rings. The van der Waals surface area contributed by atoms with Crippen LogP contribution in [0.5, 0.6) is 0 Å². The van der Waals surface area contributed by atoms with Gasteiger partial charge in [0.2, 0.25) is 0 Å². The van der Waals surface area contributed by atoms with E-state index in [0.29, 0.717) is 22.4 Å². The van der Waals surface area contributed by atoms with Gasteiger partial charge < -0.3 is 5.11 Å². The van der Waals surface area contributed by atoms with Crippen LogP contribution < -0.4 is 0 Å². The third-order valence-corrected chi connectivity index (χ3v) is 2.72. The molecule has 0 aliphatic carbocycles. The van der Waals surface area contributed by atoms with Crippen molar-refractivity contribution >= 4 is 15.9 Å². The van der Waals surface area contributed by atoms with Crippen LogP contribution in [0.1, 0.15) is 31.9 Å². The molecule has 0 aliphatic rings. The molecule has 78 valence electrons. The molecular formula is C11H14BrFO. The van der Waals surface area contributed by atoms with E-state index in [9.17, 15) is 9.50 Å². The molecule has 1 atom stereocenters. The molecule has 0 saturated carbocycles. The fourth-order valence-electron chi connectivity index (χ4n) is 1.39. The van der Waals surface area contributed by atoms with Gasteiger partial charge in [0.25, 0.3) is 0 Å². The van der Waals surface area contributed by atoms with Crippen molar-refractivity contribution in [3.05, 3.63) is 34.1 Å². The van der Waals surface area contributed by atoms with Crippen LogP contribution in [0, 0.1) is 11.7 Å². The Balaban J connectivity index is 2.94. The van der Waals surface area contributed by atoms with Crippen molar-refractivity contribution in [3.63, 3.8) is 0 Å². The average molecular weight is 261 g/mol. The van der Waals surface area contributed by atoms with Gasteiger partial charge in [-0.25, -0.2) is 4.39 Å². The SMILES string of the molecule is CC(C)CC(O)c1c(F)cccc1Br. The topological polar surface area (TPSA) is 20.2 Å². The van der Waals surface area contributed by atoms with E-state index in [4.69, 9.17) is 0 Å². The van der Waals surface area contributed by atoms with E-state index < -0.39 is 6.10 Å². The van der Waals surface area contributed by atoms with Crippen molar-refractivity contribution in [2.24, 2.45) is 5.92 Å². The van der Waals surface area contributed by atoms with Crippen molar-refractivity contribution in [2.45, 2.75) is 26.4 Å². The number of halogens is 2. The summed E-state index contributed by atoms with van der Waals surface area (Å²) in [6, 6.07) is 4.72. The second-order valence-electron chi connectivity index (χ2n) is 3.78. The van der Waals surface area contributed by atoms with Crippen LogP contribution in [0.15, 0.2) is 22.7 Å². The molecule has 3 heteroatoms. The van der Waals surface area contributed by atoms with Gasteiger partial charge in [-0.2, -0.15) is 0 Å². The Morgan fingerprint density at radius 3 is 2.57 bits per heavy atom. The first-order valence-electron chi connectivity index (χ1n) is 4.64. The lowest BCUT2D eigenvalue weighted by Gasteiger charge is -2.15. The van der Waals surface area contributed by atoms with Gasteiger partial charge in [0.15, 0.2) is 0 Å². The Labute approximate surface area is 92.1 Å². The minimum Gasteiger partial charge on any atom is -0.388 e. The van der Waals surface area contributed by atoms with Crippen LogP contribution in [0.2, 0.25) is 0 Å². The molecule has 0 heterocycles. The molecule has 0 bridgehead atoms. The number of rotatable bonds is 3. The molecule has 1 rings (SSSR count). The summed E-state index contributed by atoms with van der Waals surface area (Å²) in [6.07, 6.45) is -0.162. The monoisotopic (exact) mass is 260 g/mol. The van der Waals surface area contributed by atoms with Crippen molar-refractivity contribution in [3.8, 4) is 0 Å². The summed E-state index contributed by atoms with van der Waals surface area (Å²) < 4.78 is 14.0. The molecule has 0 saturated heterocycles. The van der Waals surface area contributed by atoms with E-state index in [1.165, 1.54) is 6.07 Å². The first-order valence-corrected chi connectivity index (χ1v) is 5.43. The Bertz CT molecular complexity index is 292. The number of benzene rings is 1. The zero-order valence-electron chi connectivity index (χ0n) is 8.30. The van der Waals surface area contributed by atoms with E-state index in [1.54, 1.807) is 12.1 Å². The third kappa shape index (κ3) is 2.79. The lowest BCUT2D eigenvalue weighted by molar-refractivity contribution is 0.146. The smallest absolute Gasteiger partial charge is 0.130 e. The Morgan fingerprint density at radius 2 is 2.07 bits per heavy atom. The van der Waals surface area contributed by atoms with E-state index in [1.807, 2.05) is 13.8 Å². The minimum absolute atomic E-state index is 0.344. The third-order valence-electron chi connectivity index (χ3n) is 2.03. The van der Waals surface area contributed by atoms with Crippen LogP contribution >= 0.6 is 15.9 Å². The fourth-order valence-corrected chi connectivity index (χ4v) is 2.00. The molecule has 0 radical (unpaired) electrons. The number of hydrogen-bond acceptors (Lipinski definition) is 1. The summed E-state index contributed by atoms with van der Waals surface area (Å²) in [6.45, 7) is 4.00. The predicted octanol–water partition coefficient (Wildman–Crippen LogP) is 3.67. The average Bonchev–Trinajstić information content (AvgIpc) is 2.01. The molecule has 1 unspecified atom stereocenters. The van der Waals surface area contributed by atoms with Crippen LogP contribution in [0.4, 0.5) is 4.39 Å². The zero-order chi connectivity index (χ0) is 10.7. The maximum absolute atomic E-state index is 13.4. The molecule has 0 aliphatic heterocycles.